The smallest absolute Gasteiger partial charge is 0.143 e. The standard InChI is InChI=1S/C84H50O2/c1-3-21-53(22-4-1)72-50-78-74(49-75(72)82-69-33-15-13-31-67(69)79(68-32-14-16-34-70(68)82)57-42-39-51-20-7-8-25-55(51)44-57)71-36-19-35-61(83(71)86-78)56-41-38-52-40-43-58(46-59(52)45-56)80-63-27-9-11-29-65(63)81(66-30-12-10-28-64(66)80)60-47-73(54-23-5-2-6-24-54)84-76(48-60)62-26-17-18-37-77(62)85-84/h1-50H. The minimum absolute atomic E-state index is 0.857. The molecule has 2 aromatic heterocycles. The molecule has 2 heterocycles. The highest BCUT2D eigenvalue weighted by molar-refractivity contribution is 6.26. The molecule has 0 fully saturated rings. The molecular formula is C84H50O2. The third-order valence-electron chi connectivity index (χ3n) is 18.2. The molecule has 398 valence electrons. The van der Waals surface area contributed by atoms with Gasteiger partial charge in [-0.2, -0.15) is 0 Å². The third-order valence-corrected chi connectivity index (χ3v) is 18.2. The lowest BCUT2D eigenvalue weighted by Crippen LogP contribution is -1.93. The van der Waals surface area contributed by atoms with Crippen molar-refractivity contribution in [2.75, 3.05) is 0 Å². The number of benzene rings is 16. The van der Waals surface area contributed by atoms with Crippen molar-refractivity contribution < 1.29 is 8.83 Å². The molecule has 16 aromatic carbocycles. The summed E-state index contributed by atoms with van der Waals surface area (Å²) in [7, 11) is 0. The van der Waals surface area contributed by atoms with E-state index in [1.165, 1.54) is 98.2 Å². The van der Waals surface area contributed by atoms with E-state index in [1.54, 1.807) is 0 Å². The Morgan fingerprint density at radius 3 is 1.20 bits per heavy atom. The first-order valence-corrected chi connectivity index (χ1v) is 29.6. The number of hydrogen-bond acceptors (Lipinski definition) is 2. The number of furan rings is 2. The Balaban J connectivity index is 0.804. The van der Waals surface area contributed by atoms with Crippen LogP contribution in [0.3, 0.4) is 0 Å². The van der Waals surface area contributed by atoms with E-state index in [4.69, 9.17) is 8.83 Å². The van der Waals surface area contributed by atoms with Gasteiger partial charge in [0.15, 0.2) is 0 Å². The fraction of sp³-hybridized carbons (Fsp3) is 0. The van der Waals surface area contributed by atoms with Gasteiger partial charge in [0, 0.05) is 32.7 Å². The van der Waals surface area contributed by atoms with Crippen LogP contribution in [0.1, 0.15) is 0 Å². The second kappa shape index (κ2) is 19.1. The van der Waals surface area contributed by atoms with Crippen LogP contribution in [-0.2, 0) is 0 Å². The minimum Gasteiger partial charge on any atom is -0.455 e. The first-order chi connectivity index (χ1) is 42.6. The van der Waals surface area contributed by atoms with E-state index in [1.807, 2.05) is 0 Å². The van der Waals surface area contributed by atoms with Gasteiger partial charge in [0.1, 0.15) is 22.3 Å². The van der Waals surface area contributed by atoms with Crippen LogP contribution >= 0.6 is 0 Å². The summed E-state index contributed by atoms with van der Waals surface area (Å²) < 4.78 is 13.9. The lowest BCUT2D eigenvalue weighted by molar-refractivity contribution is 0.669. The summed E-state index contributed by atoms with van der Waals surface area (Å²) in [6, 6.07) is 111. The van der Waals surface area contributed by atoms with Gasteiger partial charge in [0.05, 0.1) is 0 Å². The molecule has 0 N–H and O–H groups in total. The number of fused-ring (bicyclic) bond motifs is 12. The molecule has 18 aromatic rings. The summed E-state index contributed by atoms with van der Waals surface area (Å²) in [6.07, 6.45) is 0. The van der Waals surface area contributed by atoms with Gasteiger partial charge in [0.2, 0.25) is 0 Å². The third kappa shape index (κ3) is 7.46. The summed E-state index contributed by atoms with van der Waals surface area (Å²) in [5, 5.41) is 18.9. The fourth-order valence-corrected chi connectivity index (χ4v) is 14.3. The Bertz CT molecular complexity index is 5710. The van der Waals surface area contributed by atoms with Gasteiger partial charge in [-0.25, -0.2) is 0 Å². The molecule has 0 spiro atoms. The summed E-state index contributed by atoms with van der Waals surface area (Å²) in [5.41, 5.74) is 19.8. The Morgan fingerprint density at radius 2 is 0.593 bits per heavy atom. The first-order valence-electron chi connectivity index (χ1n) is 29.6. The Morgan fingerprint density at radius 1 is 0.163 bits per heavy atom. The largest absolute Gasteiger partial charge is 0.455 e. The normalized spacial score (nSPS) is 12.0. The number of para-hydroxylation sites is 2. The van der Waals surface area contributed by atoms with Crippen molar-refractivity contribution in [3.8, 4) is 77.9 Å². The second-order valence-corrected chi connectivity index (χ2v) is 22.9. The van der Waals surface area contributed by atoms with Crippen molar-refractivity contribution >= 4 is 109 Å². The zero-order valence-corrected chi connectivity index (χ0v) is 46.7. The Kier molecular flexibility index (Phi) is 10.7. The molecule has 86 heavy (non-hydrogen) atoms. The highest BCUT2D eigenvalue weighted by Crippen LogP contribution is 2.51. The van der Waals surface area contributed by atoms with E-state index >= 15 is 0 Å². The summed E-state index contributed by atoms with van der Waals surface area (Å²) in [5.74, 6) is 0. The average molecular weight is 1090 g/mol. The number of hydrogen-bond donors (Lipinski definition) is 0. The van der Waals surface area contributed by atoms with E-state index in [9.17, 15) is 0 Å². The lowest BCUT2D eigenvalue weighted by Gasteiger charge is -2.20. The molecule has 0 bridgehead atoms. The molecule has 0 aliphatic rings. The zero-order valence-electron chi connectivity index (χ0n) is 46.7. The molecule has 0 amide bonds. The maximum Gasteiger partial charge on any atom is 0.143 e. The molecule has 0 radical (unpaired) electrons. The highest BCUT2D eigenvalue weighted by Gasteiger charge is 2.24. The molecular weight excluding hydrogens is 1040 g/mol. The maximum atomic E-state index is 7.19. The van der Waals surface area contributed by atoms with E-state index in [2.05, 4.69) is 303 Å². The Hall–Kier alpha value is -11.3. The van der Waals surface area contributed by atoms with Gasteiger partial charge < -0.3 is 8.83 Å². The molecule has 0 saturated heterocycles. The van der Waals surface area contributed by atoms with Crippen molar-refractivity contribution in [3.05, 3.63) is 303 Å². The van der Waals surface area contributed by atoms with Crippen LogP contribution in [0.25, 0.3) is 186 Å². The topological polar surface area (TPSA) is 26.3 Å². The van der Waals surface area contributed by atoms with Gasteiger partial charge in [-0.1, -0.05) is 255 Å². The molecule has 0 aliphatic carbocycles. The molecule has 2 nitrogen and oxygen atoms in total. The molecule has 0 atom stereocenters. The van der Waals surface area contributed by atoms with Crippen LogP contribution in [0.2, 0.25) is 0 Å². The van der Waals surface area contributed by atoms with Gasteiger partial charge in [-0.05, 0) is 180 Å². The van der Waals surface area contributed by atoms with Crippen LogP contribution in [0, 0.1) is 0 Å². The van der Waals surface area contributed by atoms with Crippen molar-refractivity contribution in [1.82, 2.24) is 0 Å². The molecule has 2 heteroatoms. The SMILES string of the molecule is c1ccc(-c2cc3oc4c(-c5ccc6ccc(-c7c8ccccc8c(-c8cc(-c9ccccc9)c9oc%10ccccc%10c9c8)c8ccccc78)cc6c5)cccc4c3cc2-c2c3ccccc3c(-c3ccc4ccccc4c3)c3ccccc23)cc1. The predicted molar refractivity (Wildman–Crippen MR) is 364 cm³/mol. The summed E-state index contributed by atoms with van der Waals surface area (Å²) in [6.45, 7) is 0. The van der Waals surface area contributed by atoms with E-state index in [0.717, 1.165) is 88.2 Å². The zero-order chi connectivity index (χ0) is 56.4. The lowest BCUT2D eigenvalue weighted by atomic mass is 9.83. The summed E-state index contributed by atoms with van der Waals surface area (Å²) >= 11 is 0. The summed E-state index contributed by atoms with van der Waals surface area (Å²) in [4.78, 5) is 0. The second-order valence-electron chi connectivity index (χ2n) is 22.9. The van der Waals surface area contributed by atoms with Crippen LogP contribution in [0.15, 0.2) is 312 Å². The van der Waals surface area contributed by atoms with E-state index in [0.29, 0.717) is 0 Å². The maximum absolute atomic E-state index is 7.19. The average Bonchev–Trinajstić information content (AvgIpc) is 1.32. The van der Waals surface area contributed by atoms with Crippen molar-refractivity contribution in [2.24, 2.45) is 0 Å². The van der Waals surface area contributed by atoms with E-state index in [-0.39, 0.29) is 0 Å². The Labute approximate surface area is 495 Å². The molecule has 0 unspecified atom stereocenters. The van der Waals surface area contributed by atoms with Crippen molar-refractivity contribution in [2.45, 2.75) is 0 Å². The van der Waals surface area contributed by atoms with Gasteiger partial charge in [-0.15, -0.1) is 0 Å². The molecule has 18 rings (SSSR count). The molecule has 0 aliphatic heterocycles. The molecule has 0 saturated carbocycles. The van der Waals surface area contributed by atoms with E-state index < -0.39 is 0 Å². The predicted octanol–water partition coefficient (Wildman–Crippen LogP) is 24.1. The van der Waals surface area contributed by atoms with Crippen LogP contribution in [0.5, 0.6) is 0 Å². The monoisotopic (exact) mass is 1090 g/mol. The van der Waals surface area contributed by atoms with Crippen LogP contribution in [-0.4, -0.2) is 0 Å². The van der Waals surface area contributed by atoms with Crippen LogP contribution < -0.4 is 0 Å². The van der Waals surface area contributed by atoms with Crippen molar-refractivity contribution in [3.63, 3.8) is 0 Å². The minimum atomic E-state index is 0.857. The number of rotatable bonds is 7. The van der Waals surface area contributed by atoms with Gasteiger partial charge >= 0.3 is 0 Å². The fourth-order valence-electron chi connectivity index (χ4n) is 14.3. The van der Waals surface area contributed by atoms with Crippen LogP contribution in [0.4, 0.5) is 0 Å². The quantitative estimate of drug-likeness (QED) is 0.149. The van der Waals surface area contributed by atoms with Crippen molar-refractivity contribution in [1.29, 1.82) is 0 Å². The first kappa shape index (κ1) is 48.2. The highest BCUT2D eigenvalue weighted by atomic mass is 16.3. The van der Waals surface area contributed by atoms with Gasteiger partial charge in [0.25, 0.3) is 0 Å². The van der Waals surface area contributed by atoms with Gasteiger partial charge in [-0.3, -0.25) is 0 Å².